The van der Waals surface area contributed by atoms with Gasteiger partial charge in [-0.05, 0) is 51.4 Å². The SMILES string of the molecule is Cc1c(N2CCN(C)CC2CC(N)=O)ccc2nc(N[C@@H](C)C(=O)N3CCCC3)oc(=O)c12. The van der Waals surface area contributed by atoms with E-state index in [0.717, 1.165) is 50.3 Å². The number of carbonyl (C=O) groups excluding carboxylic acids is 2. The molecule has 0 radical (unpaired) electrons. The highest BCUT2D eigenvalue weighted by atomic mass is 16.4. The zero-order valence-electron chi connectivity index (χ0n) is 19.5. The van der Waals surface area contributed by atoms with E-state index in [4.69, 9.17) is 10.2 Å². The summed E-state index contributed by atoms with van der Waals surface area (Å²) in [7, 11) is 2.02. The van der Waals surface area contributed by atoms with Crippen molar-refractivity contribution < 1.29 is 14.0 Å². The fourth-order valence-corrected chi connectivity index (χ4v) is 4.87. The third-order valence-electron chi connectivity index (χ3n) is 6.59. The van der Waals surface area contributed by atoms with Crippen LogP contribution in [0, 0.1) is 6.92 Å². The molecule has 2 atom stereocenters. The molecule has 1 aromatic carbocycles. The number of likely N-dealkylation sites (N-methyl/N-ethyl adjacent to an activating group) is 1. The Kier molecular flexibility index (Phi) is 6.55. The predicted octanol–water partition coefficient (Wildman–Crippen LogP) is 0.915. The van der Waals surface area contributed by atoms with Gasteiger partial charge in [-0.15, -0.1) is 0 Å². The Bertz CT molecular complexity index is 1110. The number of nitrogens with one attached hydrogen (secondary N) is 1. The molecule has 0 spiro atoms. The number of anilines is 2. The number of benzene rings is 1. The van der Waals surface area contributed by atoms with Gasteiger partial charge >= 0.3 is 5.63 Å². The molecule has 33 heavy (non-hydrogen) atoms. The number of likely N-dealkylation sites (tertiary alicyclic amines) is 1. The number of rotatable bonds is 6. The summed E-state index contributed by atoms with van der Waals surface area (Å²) in [6, 6.07) is 3.12. The minimum atomic E-state index is -0.545. The molecule has 10 heteroatoms. The Hall–Kier alpha value is -3.14. The van der Waals surface area contributed by atoms with Gasteiger partial charge in [0.2, 0.25) is 11.8 Å². The van der Waals surface area contributed by atoms with Gasteiger partial charge in [-0.2, -0.15) is 4.98 Å². The fourth-order valence-electron chi connectivity index (χ4n) is 4.87. The van der Waals surface area contributed by atoms with Gasteiger partial charge in [-0.1, -0.05) is 0 Å². The van der Waals surface area contributed by atoms with Crippen LogP contribution in [0.1, 0.15) is 31.7 Å². The zero-order chi connectivity index (χ0) is 23.7. The molecule has 2 fully saturated rings. The first kappa shape index (κ1) is 23.0. The van der Waals surface area contributed by atoms with Crippen LogP contribution < -0.4 is 21.6 Å². The van der Waals surface area contributed by atoms with Crippen molar-refractivity contribution in [1.82, 2.24) is 14.8 Å². The van der Waals surface area contributed by atoms with E-state index in [1.54, 1.807) is 13.0 Å². The molecule has 2 amide bonds. The van der Waals surface area contributed by atoms with E-state index in [1.165, 1.54) is 0 Å². The van der Waals surface area contributed by atoms with Crippen LogP contribution in [0.25, 0.3) is 10.9 Å². The fraction of sp³-hybridized carbons (Fsp3) is 0.565. The van der Waals surface area contributed by atoms with Crippen molar-refractivity contribution in [3.63, 3.8) is 0 Å². The van der Waals surface area contributed by atoms with Crippen molar-refractivity contribution in [2.75, 3.05) is 50.0 Å². The van der Waals surface area contributed by atoms with Gasteiger partial charge < -0.3 is 30.2 Å². The lowest BCUT2D eigenvalue weighted by Gasteiger charge is -2.41. The number of hydrogen-bond donors (Lipinski definition) is 2. The smallest absolute Gasteiger partial charge is 0.348 e. The van der Waals surface area contributed by atoms with Crippen molar-refractivity contribution in [2.24, 2.45) is 5.73 Å². The van der Waals surface area contributed by atoms with Crippen molar-refractivity contribution in [2.45, 2.75) is 45.2 Å². The molecular formula is C23H32N6O4. The molecule has 0 bridgehead atoms. The van der Waals surface area contributed by atoms with E-state index in [-0.39, 0.29) is 30.3 Å². The van der Waals surface area contributed by atoms with Crippen LogP contribution in [0.4, 0.5) is 11.7 Å². The second kappa shape index (κ2) is 9.38. The number of nitrogens with two attached hydrogens (primary N) is 1. The standard InChI is InChI=1S/C23H32N6O4/c1-14-18(29-11-10-27(3)13-16(29)12-19(24)30)7-6-17-20(14)22(32)33-23(26-17)25-15(2)21(31)28-8-4-5-9-28/h6-7,15-16H,4-5,8-13H2,1-3H3,(H2,24,30)(H,25,26)/t15-,16?/m0/s1. The van der Waals surface area contributed by atoms with Gasteiger partial charge in [0, 0.05) is 44.8 Å². The van der Waals surface area contributed by atoms with Gasteiger partial charge in [-0.3, -0.25) is 9.59 Å². The first-order valence-corrected chi connectivity index (χ1v) is 11.5. The summed E-state index contributed by atoms with van der Waals surface area (Å²) in [6.45, 7) is 7.38. The summed E-state index contributed by atoms with van der Waals surface area (Å²) in [5.74, 6) is -0.382. The Balaban J connectivity index is 1.61. The monoisotopic (exact) mass is 456 g/mol. The third kappa shape index (κ3) is 4.80. The normalized spacial score (nSPS) is 20.3. The second-order valence-corrected chi connectivity index (χ2v) is 9.09. The van der Waals surface area contributed by atoms with Crippen LogP contribution in [0.3, 0.4) is 0 Å². The average Bonchev–Trinajstić information content (AvgIpc) is 3.28. The maximum atomic E-state index is 12.9. The second-order valence-electron chi connectivity index (χ2n) is 9.09. The van der Waals surface area contributed by atoms with Crippen LogP contribution in [-0.4, -0.2) is 78.5 Å². The number of amides is 2. The summed E-state index contributed by atoms with van der Waals surface area (Å²) in [6.07, 6.45) is 2.26. The lowest BCUT2D eigenvalue weighted by molar-refractivity contribution is -0.130. The minimum Gasteiger partial charge on any atom is -0.389 e. The van der Waals surface area contributed by atoms with Crippen molar-refractivity contribution in [3.8, 4) is 0 Å². The maximum Gasteiger partial charge on any atom is 0.348 e. The maximum absolute atomic E-state index is 12.9. The molecule has 4 rings (SSSR count). The molecule has 10 nitrogen and oxygen atoms in total. The van der Waals surface area contributed by atoms with Crippen LogP contribution in [0.2, 0.25) is 0 Å². The van der Waals surface area contributed by atoms with Gasteiger partial charge in [0.1, 0.15) is 6.04 Å². The average molecular weight is 457 g/mol. The first-order valence-electron chi connectivity index (χ1n) is 11.5. The van der Waals surface area contributed by atoms with E-state index in [9.17, 15) is 14.4 Å². The van der Waals surface area contributed by atoms with E-state index in [1.807, 2.05) is 24.9 Å². The number of primary amides is 1. The van der Waals surface area contributed by atoms with E-state index in [2.05, 4.69) is 20.1 Å². The topological polar surface area (TPSA) is 125 Å². The van der Waals surface area contributed by atoms with Crippen LogP contribution >= 0.6 is 0 Å². The van der Waals surface area contributed by atoms with Crippen LogP contribution in [0.5, 0.6) is 0 Å². The van der Waals surface area contributed by atoms with Crippen molar-refractivity contribution >= 4 is 34.4 Å². The van der Waals surface area contributed by atoms with Crippen molar-refractivity contribution in [3.05, 3.63) is 28.1 Å². The lowest BCUT2D eigenvalue weighted by atomic mass is 10.0. The number of aryl methyl sites for hydroxylation is 1. The highest BCUT2D eigenvalue weighted by molar-refractivity contribution is 5.88. The minimum absolute atomic E-state index is 0.0286. The van der Waals surface area contributed by atoms with Crippen molar-refractivity contribution in [1.29, 1.82) is 0 Å². The molecular weight excluding hydrogens is 424 g/mol. The number of carbonyl (C=O) groups is 2. The quantitative estimate of drug-likeness (QED) is 0.657. The highest BCUT2D eigenvalue weighted by Crippen LogP contribution is 2.30. The zero-order valence-corrected chi connectivity index (χ0v) is 19.5. The molecule has 0 saturated carbocycles. The summed E-state index contributed by atoms with van der Waals surface area (Å²) >= 11 is 0. The Morgan fingerprint density at radius 2 is 1.97 bits per heavy atom. The Labute approximate surface area is 192 Å². The first-order chi connectivity index (χ1) is 15.7. The van der Waals surface area contributed by atoms with E-state index in [0.29, 0.717) is 17.4 Å². The molecule has 178 valence electrons. The lowest BCUT2D eigenvalue weighted by Crippen LogP contribution is -2.53. The van der Waals surface area contributed by atoms with Crippen LogP contribution in [-0.2, 0) is 9.59 Å². The molecule has 3 heterocycles. The molecule has 2 aromatic rings. The van der Waals surface area contributed by atoms with Gasteiger partial charge in [0.15, 0.2) is 0 Å². The summed E-state index contributed by atoms with van der Waals surface area (Å²) in [5.41, 5.74) is 7.09. The summed E-state index contributed by atoms with van der Waals surface area (Å²) in [4.78, 5) is 47.7. The number of hydrogen-bond acceptors (Lipinski definition) is 8. The van der Waals surface area contributed by atoms with E-state index >= 15 is 0 Å². The van der Waals surface area contributed by atoms with Gasteiger partial charge in [0.05, 0.1) is 16.9 Å². The molecule has 2 saturated heterocycles. The molecule has 0 aliphatic carbocycles. The van der Waals surface area contributed by atoms with E-state index < -0.39 is 11.7 Å². The predicted molar refractivity (Wildman–Crippen MR) is 126 cm³/mol. The van der Waals surface area contributed by atoms with Gasteiger partial charge in [0.25, 0.3) is 6.01 Å². The molecule has 2 aliphatic rings. The Morgan fingerprint density at radius 3 is 2.67 bits per heavy atom. The number of piperazine rings is 1. The van der Waals surface area contributed by atoms with Crippen LogP contribution in [0.15, 0.2) is 21.3 Å². The molecule has 1 aromatic heterocycles. The Morgan fingerprint density at radius 1 is 1.24 bits per heavy atom. The molecule has 1 unspecified atom stereocenters. The number of aromatic nitrogens is 1. The summed E-state index contributed by atoms with van der Waals surface area (Å²) < 4.78 is 5.46. The molecule has 3 N–H and O–H groups in total. The third-order valence-corrected chi connectivity index (χ3v) is 6.59. The number of nitrogens with zero attached hydrogens (tertiary/aromatic N) is 4. The highest BCUT2D eigenvalue weighted by Gasteiger charge is 2.29. The number of fused-ring (bicyclic) bond motifs is 1. The van der Waals surface area contributed by atoms with Gasteiger partial charge in [-0.25, -0.2) is 4.79 Å². The largest absolute Gasteiger partial charge is 0.389 e. The molecule has 2 aliphatic heterocycles. The summed E-state index contributed by atoms with van der Waals surface area (Å²) in [5, 5.41) is 3.34.